The average Bonchev–Trinajstić information content (AvgIpc) is 2.77. The van der Waals surface area contributed by atoms with Crippen molar-refractivity contribution in [3.05, 3.63) is 63.6 Å². The molecule has 0 aliphatic carbocycles. The number of benzene rings is 2. The topological polar surface area (TPSA) is 75.7 Å². The summed E-state index contributed by atoms with van der Waals surface area (Å²) in [5.74, 6) is 0.335. The van der Waals surface area contributed by atoms with Crippen molar-refractivity contribution in [2.24, 2.45) is 5.92 Å². The lowest BCUT2D eigenvalue weighted by Gasteiger charge is -2.30. The van der Waals surface area contributed by atoms with Crippen LogP contribution in [0.25, 0.3) is 0 Å². The van der Waals surface area contributed by atoms with Crippen molar-refractivity contribution in [1.29, 1.82) is 0 Å². The molecule has 2 aromatic carbocycles. The normalized spacial score (nSPS) is 15.6. The molecule has 0 saturated carbocycles. The molecular weight excluding hydrogens is 459 g/mol. The van der Waals surface area contributed by atoms with Crippen LogP contribution in [0.15, 0.2) is 42.5 Å². The van der Waals surface area contributed by atoms with E-state index in [9.17, 15) is 13.2 Å². The number of nitrogens with one attached hydrogen (secondary N) is 1. The molecule has 1 amide bonds. The van der Waals surface area contributed by atoms with Crippen molar-refractivity contribution < 1.29 is 17.9 Å². The molecule has 31 heavy (non-hydrogen) atoms. The molecule has 1 N–H and O–H groups in total. The van der Waals surface area contributed by atoms with Gasteiger partial charge in [-0.05, 0) is 49.1 Å². The lowest BCUT2D eigenvalue weighted by atomic mass is 9.97. The SMILES string of the molecule is COc1ccc(CCNC(=O)C2CCN(S(=O)(=O)Cc3c(Cl)cccc3Cl)CC2)cc1. The van der Waals surface area contributed by atoms with Gasteiger partial charge in [-0.2, -0.15) is 0 Å². The lowest BCUT2D eigenvalue weighted by Crippen LogP contribution is -2.43. The number of nitrogens with zero attached hydrogens (tertiary/aromatic N) is 1. The number of piperidine rings is 1. The Labute approximate surface area is 193 Å². The first kappa shape index (κ1) is 23.9. The molecule has 2 aromatic rings. The number of hydrogen-bond donors (Lipinski definition) is 1. The van der Waals surface area contributed by atoms with Crippen LogP contribution in [0.5, 0.6) is 5.75 Å². The molecule has 1 saturated heterocycles. The Hall–Kier alpha value is -1.80. The van der Waals surface area contributed by atoms with Crippen molar-refractivity contribution >= 4 is 39.1 Å². The molecule has 6 nitrogen and oxygen atoms in total. The fourth-order valence-corrected chi connectivity index (χ4v) is 5.92. The molecule has 9 heteroatoms. The number of rotatable bonds is 8. The van der Waals surface area contributed by atoms with E-state index in [0.717, 1.165) is 17.7 Å². The average molecular weight is 485 g/mol. The van der Waals surface area contributed by atoms with Crippen molar-refractivity contribution in [3.63, 3.8) is 0 Å². The Morgan fingerprint density at radius 2 is 1.71 bits per heavy atom. The molecule has 1 heterocycles. The van der Waals surface area contributed by atoms with Gasteiger partial charge in [-0.1, -0.05) is 41.4 Å². The van der Waals surface area contributed by atoms with E-state index in [0.29, 0.717) is 48.1 Å². The van der Waals surface area contributed by atoms with Gasteiger partial charge in [0.2, 0.25) is 15.9 Å². The van der Waals surface area contributed by atoms with Crippen molar-refractivity contribution in [2.45, 2.75) is 25.0 Å². The van der Waals surface area contributed by atoms with Gasteiger partial charge in [0, 0.05) is 41.2 Å². The van der Waals surface area contributed by atoms with E-state index < -0.39 is 10.0 Å². The van der Waals surface area contributed by atoms with Crippen molar-refractivity contribution in [2.75, 3.05) is 26.7 Å². The van der Waals surface area contributed by atoms with Crippen LogP contribution in [0.3, 0.4) is 0 Å². The molecule has 1 fully saturated rings. The highest BCUT2D eigenvalue weighted by atomic mass is 35.5. The van der Waals surface area contributed by atoms with Crippen LogP contribution in [-0.2, 0) is 27.0 Å². The third-order valence-electron chi connectivity index (χ3n) is 5.48. The summed E-state index contributed by atoms with van der Waals surface area (Å²) < 4.78 is 32.2. The second kappa shape index (κ2) is 10.7. The molecule has 0 aromatic heterocycles. The predicted octanol–water partition coefficient (Wildman–Crippen LogP) is 3.90. The maximum Gasteiger partial charge on any atom is 0.223 e. The van der Waals surface area contributed by atoms with Crippen LogP contribution in [0.4, 0.5) is 0 Å². The van der Waals surface area contributed by atoms with E-state index in [1.165, 1.54) is 4.31 Å². The quantitative estimate of drug-likeness (QED) is 0.616. The van der Waals surface area contributed by atoms with Gasteiger partial charge in [-0.3, -0.25) is 4.79 Å². The van der Waals surface area contributed by atoms with E-state index >= 15 is 0 Å². The minimum atomic E-state index is -3.57. The first-order valence-electron chi connectivity index (χ1n) is 10.1. The molecule has 0 atom stereocenters. The zero-order chi connectivity index (χ0) is 22.4. The Bertz CT molecular complexity index is 984. The van der Waals surface area contributed by atoms with E-state index in [-0.39, 0.29) is 17.6 Å². The minimum Gasteiger partial charge on any atom is -0.497 e. The number of halogens is 2. The van der Waals surface area contributed by atoms with Gasteiger partial charge in [0.1, 0.15) is 5.75 Å². The summed E-state index contributed by atoms with van der Waals surface area (Å²) >= 11 is 12.2. The predicted molar refractivity (Wildman–Crippen MR) is 123 cm³/mol. The fraction of sp³-hybridized carbons (Fsp3) is 0.409. The summed E-state index contributed by atoms with van der Waals surface area (Å²) in [7, 11) is -1.94. The van der Waals surface area contributed by atoms with Gasteiger partial charge in [-0.15, -0.1) is 0 Å². The van der Waals surface area contributed by atoms with Gasteiger partial charge in [-0.25, -0.2) is 12.7 Å². The number of ether oxygens (including phenoxy) is 1. The summed E-state index contributed by atoms with van der Waals surface area (Å²) in [5, 5.41) is 3.64. The van der Waals surface area contributed by atoms with Crippen molar-refractivity contribution in [3.8, 4) is 5.75 Å². The van der Waals surface area contributed by atoms with Crippen LogP contribution in [-0.4, -0.2) is 45.4 Å². The smallest absolute Gasteiger partial charge is 0.223 e. The Morgan fingerprint density at radius 1 is 1.10 bits per heavy atom. The number of carbonyl (C=O) groups is 1. The summed E-state index contributed by atoms with van der Waals surface area (Å²) in [6, 6.07) is 12.7. The molecule has 1 aliphatic rings. The molecule has 0 spiro atoms. The van der Waals surface area contributed by atoms with Gasteiger partial charge < -0.3 is 10.1 Å². The highest BCUT2D eigenvalue weighted by Gasteiger charge is 2.31. The summed E-state index contributed by atoms with van der Waals surface area (Å²) in [6.07, 6.45) is 1.70. The number of sulfonamides is 1. The molecule has 1 aliphatic heterocycles. The maximum atomic E-state index is 12.8. The van der Waals surface area contributed by atoms with Gasteiger partial charge in [0.05, 0.1) is 12.9 Å². The zero-order valence-corrected chi connectivity index (χ0v) is 19.6. The number of carbonyl (C=O) groups excluding carboxylic acids is 1. The summed E-state index contributed by atoms with van der Waals surface area (Å²) in [4.78, 5) is 12.5. The maximum absolute atomic E-state index is 12.8. The van der Waals surface area contributed by atoms with E-state index in [2.05, 4.69) is 5.32 Å². The Morgan fingerprint density at radius 3 is 2.29 bits per heavy atom. The summed E-state index contributed by atoms with van der Waals surface area (Å²) in [5.41, 5.74) is 1.52. The highest BCUT2D eigenvalue weighted by molar-refractivity contribution is 7.88. The zero-order valence-electron chi connectivity index (χ0n) is 17.3. The van der Waals surface area contributed by atoms with E-state index in [1.54, 1.807) is 25.3 Å². The van der Waals surface area contributed by atoms with Crippen LogP contribution in [0, 0.1) is 5.92 Å². The molecule has 0 unspecified atom stereocenters. The van der Waals surface area contributed by atoms with Gasteiger partial charge in [0.15, 0.2) is 0 Å². The first-order chi connectivity index (χ1) is 14.8. The molecule has 0 bridgehead atoms. The van der Waals surface area contributed by atoms with Crippen LogP contribution in [0.2, 0.25) is 10.0 Å². The Balaban J connectivity index is 1.47. The third kappa shape index (κ3) is 6.35. The monoisotopic (exact) mass is 484 g/mol. The van der Waals surface area contributed by atoms with Crippen molar-refractivity contribution in [1.82, 2.24) is 9.62 Å². The van der Waals surface area contributed by atoms with Gasteiger partial charge in [0.25, 0.3) is 0 Å². The second-order valence-corrected chi connectivity index (χ2v) is 10.3. The van der Waals surface area contributed by atoms with Crippen LogP contribution < -0.4 is 10.1 Å². The number of amides is 1. The molecule has 3 rings (SSSR count). The molecule has 168 valence electrons. The fourth-order valence-electron chi connectivity index (χ4n) is 3.61. The third-order valence-corrected chi connectivity index (χ3v) is 7.99. The summed E-state index contributed by atoms with van der Waals surface area (Å²) in [6.45, 7) is 1.15. The molecule has 0 radical (unpaired) electrons. The largest absolute Gasteiger partial charge is 0.497 e. The van der Waals surface area contributed by atoms with E-state index in [4.69, 9.17) is 27.9 Å². The first-order valence-corrected chi connectivity index (χ1v) is 12.5. The van der Waals surface area contributed by atoms with Gasteiger partial charge >= 0.3 is 0 Å². The van der Waals surface area contributed by atoms with Crippen LogP contribution in [0.1, 0.15) is 24.0 Å². The standard InChI is InChI=1S/C22H26Cl2N2O4S/c1-30-18-7-5-16(6-8-18)9-12-25-22(27)17-10-13-26(14-11-17)31(28,29)15-19-20(23)3-2-4-21(19)24/h2-8,17H,9-15H2,1H3,(H,25,27). The number of methoxy groups -OCH3 is 1. The number of hydrogen-bond acceptors (Lipinski definition) is 4. The lowest BCUT2D eigenvalue weighted by molar-refractivity contribution is -0.126. The molecular formula is C22H26Cl2N2O4S. The Kier molecular flexibility index (Phi) is 8.22. The van der Waals surface area contributed by atoms with Crippen LogP contribution >= 0.6 is 23.2 Å². The van der Waals surface area contributed by atoms with E-state index in [1.807, 2.05) is 24.3 Å². The second-order valence-electron chi connectivity index (χ2n) is 7.52. The highest BCUT2D eigenvalue weighted by Crippen LogP contribution is 2.29. The minimum absolute atomic E-state index is 0.0280.